The first-order valence-corrected chi connectivity index (χ1v) is 2.76. The number of alkyl halides is 2. The summed E-state index contributed by atoms with van der Waals surface area (Å²) in [6.45, 7) is 2.46. The zero-order valence-corrected chi connectivity index (χ0v) is 6.18. The van der Waals surface area contributed by atoms with Gasteiger partial charge in [0.05, 0.1) is 6.54 Å². The van der Waals surface area contributed by atoms with Crippen LogP contribution in [0.25, 0.3) is 0 Å². The molecule has 0 rings (SSSR count). The Balaban J connectivity index is 0. The molecule has 0 aliphatic heterocycles. The van der Waals surface area contributed by atoms with Gasteiger partial charge in [-0.3, -0.25) is 0 Å². The van der Waals surface area contributed by atoms with E-state index in [0.717, 1.165) is 6.42 Å². The molecule has 0 aromatic rings. The van der Waals surface area contributed by atoms with E-state index >= 15 is 0 Å². The summed E-state index contributed by atoms with van der Waals surface area (Å²) in [5.74, 6) is 0. The van der Waals surface area contributed by atoms with Gasteiger partial charge in [0.25, 0.3) is 6.43 Å². The van der Waals surface area contributed by atoms with E-state index in [-0.39, 0.29) is 19.0 Å². The molecule has 0 unspecified atom stereocenters. The second-order valence-electron chi connectivity index (χ2n) is 1.60. The van der Waals surface area contributed by atoms with Gasteiger partial charge in [-0.1, -0.05) is 6.92 Å². The van der Waals surface area contributed by atoms with Crippen LogP contribution in [0.4, 0.5) is 8.78 Å². The smallest absolute Gasteiger partial charge is 0.250 e. The first-order valence-electron chi connectivity index (χ1n) is 2.76. The maximum Gasteiger partial charge on any atom is 0.250 e. The standard InChI is InChI=1S/C5H11F2N.ClH/c1-2-3-8-4-5(6)7;/h5,8H,2-4H2,1H3;1H. The molecule has 1 N–H and O–H groups in total. The highest BCUT2D eigenvalue weighted by molar-refractivity contribution is 5.85. The van der Waals surface area contributed by atoms with Crippen molar-refractivity contribution in [2.24, 2.45) is 0 Å². The van der Waals surface area contributed by atoms with Crippen LogP contribution in [-0.2, 0) is 0 Å². The second kappa shape index (κ2) is 8.11. The van der Waals surface area contributed by atoms with Crippen LogP contribution in [0, 0.1) is 0 Å². The predicted molar refractivity (Wildman–Crippen MR) is 36.4 cm³/mol. The van der Waals surface area contributed by atoms with Crippen molar-refractivity contribution in [2.45, 2.75) is 19.8 Å². The summed E-state index contributed by atoms with van der Waals surface area (Å²) < 4.78 is 22.6. The van der Waals surface area contributed by atoms with Gasteiger partial charge in [-0.15, -0.1) is 12.4 Å². The molecule has 0 aliphatic rings. The molecule has 0 heterocycles. The fraction of sp³-hybridized carbons (Fsp3) is 1.00. The molecule has 0 aromatic carbocycles. The molecular weight excluding hydrogens is 148 g/mol. The van der Waals surface area contributed by atoms with E-state index < -0.39 is 6.43 Å². The van der Waals surface area contributed by atoms with Crippen LogP contribution in [0.3, 0.4) is 0 Å². The van der Waals surface area contributed by atoms with Gasteiger partial charge in [0.15, 0.2) is 0 Å². The van der Waals surface area contributed by atoms with Crippen LogP contribution < -0.4 is 5.32 Å². The molecule has 0 atom stereocenters. The Labute approximate surface area is 60.2 Å². The third-order valence-electron chi connectivity index (χ3n) is 0.725. The Morgan fingerprint density at radius 3 is 2.33 bits per heavy atom. The molecule has 0 radical (unpaired) electrons. The summed E-state index contributed by atoms with van der Waals surface area (Å²) >= 11 is 0. The molecule has 0 bridgehead atoms. The zero-order valence-electron chi connectivity index (χ0n) is 5.36. The van der Waals surface area contributed by atoms with E-state index in [4.69, 9.17) is 0 Å². The summed E-state index contributed by atoms with van der Waals surface area (Å²) in [5, 5.41) is 2.58. The van der Waals surface area contributed by atoms with Gasteiger partial charge in [0.1, 0.15) is 0 Å². The third-order valence-corrected chi connectivity index (χ3v) is 0.725. The normalized spacial score (nSPS) is 9.33. The largest absolute Gasteiger partial charge is 0.311 e. The van der Waals surface area contributed by atoms with Gasteiger partial charge in [-0.25, -0.2) is 8.78 Å². The Morgan fingerprint density at radius 2 is 2.00 bits per heavy atom. The summed E-state index contributed by atoms with van der Waals surface area (Å²) in [5.41, 5.74) is 0. The molecule has 58 valence electrons. The molecule has 9 heavy (non-hydrogen) atoms. The van der Waals surface area contributed by atoms with Crippen LogP contribution in [0.2, 0.25) is 0 Å². The monoisotopic (exact) mass is 159 g/mol. The zero-order chi connectivity index (χ0) is 6.41. The quantitative estimate of drug-likeness (QED) is 0.616. The minimum absolute atomic E-state index is 0. The van der Waals surface area contributed by atoms with Gasteiger partial charge in [0.2, 0.25) is 0 Å². The van der Waals surface area contributed by atoms with Crippen molar-refractivity contribution in [3.63, 3.8) is 0 Å². The molecule has 0 saturated heterocycles. The Hall–Kier alpha value is 0.110. The van der Waals surface area contributed by atoms with Crippen molar-refractivity contribution in [3.05, 3.63) is 0 Å². The number of halogens is 3. The lowest BCUT2D eigenvalue weighted by Crippen LogP contribution is -2.21. The molecule has 0 aromatic heterocycles. The van der Waals surface area contributed by atoms with E-state index in [1.807, 2.05) is 6.92 Å². The molecule has 4 heteroatoms. The molecule has 0 aliphatic carbocycles. The summed E-state index contributed by atoms with van der Waals surface area (Å²) in [6, 6.07) is 0. The van der Waals surface area contributed by atoms with Crippen LogP contribution >= 0.6 is 12.4 Å². The molecule has 0 saturated carbocycles. The molecular formula is C5H12ClF2N. The Morgan fingerprint density at radius 1 is 1.44 bits per heavy atom. The van der Waals surface area contributed by atoms with Crippen molar-refractivity contribution >= 4 is 12.4 Å². The topological polar surface area (TPSA) is 12.0 Å². The molecule has 0 amide bonds. The highest BCUT2D eigenvalue weighted by Gasteiger charge is 1.97. The lowest BCUT2D eigenvalue weighted by Gasteiger charge is -1.98. The summed E-state index contributed by atoms with van der Waals surface area (Å²) in [6.07, 6.45) is -1.30. The predicted octanol–water partition coefficient (Wildman–Crippen LogP) is 1.67. The van der Waals surface area contributed by atoms with Crippen molar-refractivity contribution in [1.82, 2.24) is 5.32 Å². The van der Waals surface area contributed by atoms with E-state index in [1.165, 1.54) is 0 Å². The molecule has 0 spiro atoms. The fourth-order valence-corrected chi connectivity index (χ4v) is 0.388. The van der Waals surface area contributed by atoms with E-state index in [1.54, 1.807) is 0 Å². The van der Waals surface area contributed by atoms with Crippen LogP contribution in [-0.4, -0.2) is 19.5 Å². The minimum Gasteiger partial charge on any atom is -0.311 e. The average molecular weight is 160 g/mol. The number of rotatable bonds is 4. The van der Waals surface area contributed by atoms with Crippen molar-refractivity contribution in [2.75, 3.05) is 13.1 Å². The first-order chi connectivity index (χ1) is 3.77. The van der Waals surface area contributed by atoms with Crippen LogP contribution in [0.15, 0.2) is 0 Å². The van der Waals surface area contributed by atoms with Crippen molar-refractivity contribution in [3.8, 4) is 0 Å². The first kappa shape index (κ1) is 11.9. The number of hydrogen-bond donors (Lipinski definition) is 1. The SMILES string of the molecule is CCCNCC(F)F.Cl. The van der Waals surface area contributed by atoms with Gasteiger partial charge in [-0.2, -0.15) is 0 Å². The van der Waals surface area contributed by atoms with Gasteiger partial charge >= 0.3 is 0 Å². The highest BCUT2D eigenvalue weighted by atomic mass is 35.5. The third kappa shape index (κ3) is 11.6. The second-order valence-corrected chi connectivity index (χ2v) is 1.60. The van der Waals surface area contributed by atoms with Crippen LogP contribution in [0.5, 0.6) is 0 Å². The van der Waals surface area contributed by atoms with Gasteiger partial charge in [0, 0.05) is 0 Å². The van der Waals surface area contributed by atoms with Gasteiger partial charge < -0.3 is 5.32 Å². The maximum absolute atomic E-state index is 11.3. The summed E-state index contributed by atoms with van der Waals surface area (Å²) in [4.78, 5) is 0. The fourth-order valence-electron chi connectivity index (χ4n) is 0.388. The van der Waals surface area contributed by atoms with Gasteiger partial charge in [-0.05, 0) is 13.0 Å². The summed E-state index contributed by atoms with van der Waals surface area (Å²) in [7, 11) is 0. The highest BCUT2D eigenvalue weighted by Crippen LogP contribution is 1.86. The molecule has 0 fully saturated rings. The van der Waals surface area contributed by atoms with Crippen LogP contribution in [0.1, 0.15) is 13.3 Å². The van der Waals surface area contributed by atoms with Crippen molar-refractivity contribution in [1.29, 1.82) is 0 Å². The molecule has 1 nitrogen and oxygen atoms in total. The van der Waals surface area contributed by atoms with E-state index in [9.17, 15) is 8.78 Å². The number of hydrogen-bond acceptors (Lipinski definition) is 1. The van der Waals surface area contributed by atoms with Crippen molar-refractivity contribution < 1.29 is 8.78 Å². The van der Waals surface area contributed by atoms with E-state index in [2.05, 4.69) is 5.32 Å². The average Bonchev–Trinajstić information content (AvgIpc) is 1.66. The Kier molecular flexibility index (Phi) is 10.7. The number of nitrogens with one attached hydrogen (secondary N) is 1. The van der Waals surface area contributed by atoms with E-state index in [0.29, 0.717) is 6.54 Å². The Bertz CT molecular complexity index is 52.2. The lowest BCUT2D eigenvalue weighted by molar-refractivity contribution is 0.146. The minimum atomic E-state index is -2.21. The maximum atomic E-state index is 11.3. The lowest BCUT2D eigenvalue weighted by atomic mass is 10.5.